The number of fused-ring (bicyclic) bond motifs is 1. The maximum atomic E-state index is 12.9. The smallest absolute Gasteiger partial charge is 0.276 e. The summed E-state index contributed by atoms with van der Waals surface area (Å²) in [6.45, 7) is 5.29. The molecule has 0 radical (unpaired) electrons. The fourth-order valence-corrected chi connectivity index (χ4v) is 3.23. The molecule has 0 aliphatic rings. The fourth-order valence-electron chi connectivity index (χ4n) is 3.23. The minimum Gasteiger partial charge on any atom is -0.494 e. The van der Waals surface area contributed by atoms with E-state index in [1.807, 2.05) is 18.4 Å². The van der Waals surface area contributed by atoms with E-state index in [4.69, 9.17) is 16.2 Å². The van der Waals surface area contributed by atoms with Crippen LogP contribution in [0.5, 0.6) is 5.75 Å². The van der Waals surface area contributed by atoms with Crippen molar-refractivity contribution in [2.24, 2.45) is 11.5 Å². The van der Waals surface area contributed by atoms with Crippen LogP contribution >= 0.6 is 0 Å². The largest absolute Gasteiger partial charge is 0.494 e. The standard InChI is InChI=1S/C19H25N7O3/c1-4-26-14(8-11(2)24-26)18(28)23-19-22-13-9-12(17(21)27)10-15(29-3)16(13)25(19)7-5-6-20/h8-10H,4-7,20H2,1-3H3,(H2,21,27)(H,22,23,28). The summed E-state index contributed by atoms with van der Waals surface area (Å²) >= 11 is 0. The number of carbonyl (C=O) groups excluding carboxylic acids is 2. The molecule has 3 rings (SSSR count). The van der Waals surface area contributed by atoms with Gasteiger partial charge in [-0.2, -0.15) is 5.10 Å². The number of rotatable bonds is 8. The van der Waals surface area contributed by atoms with Gasteiger partial charge < -0.3 is 20.8 Å². The minimum absolute atomic E-state index is 0.274. The van der Waals surface area contributed by atoms with Crippen LogP contribution in [0.15, 0.2) is 18.2 Å². The molecule has 10 heteroatoms. The number of amides is 2. The first-order valence-corrected chi connectivity index (χ1v) is 9.33. The van der Waals surface area contributed by atoms with Crippen LogP contribution in [-0.2, 0) is 13.1 Å². The van der Waals surface area contributed by atoms with Gasteiger partial charge >= 0.3 is 0 Å². The maximum absolute atomic E-state index is 12.9. The number of nitrogens with two attached hydrogens (primary N) is 2. The lowest BCUT2D eigenvalue weighted by Gasteiger charge is -2.12. The normalized spacial score (nSPS) is 11.0. The molecule has 0 saturated carbocycles. The zero-order valence-electron chi connectivity index (χ0n) is 16.7. The van der Waals surface area contributed by atoms with Crippen molar-refractivity contribution >= 4 is 28.8 Å². The Morgan fingerprint density at radius 1 is 1.28 bits per heavy atom. The van der Waals surface area contributed by atoms with Gasteiger partial charge in [0.1, 0.15) is 17.0 Å². The quantitative estimate of drug-likeness (QED) is 0.520. The molecule has 10 nitrogen and oxygen atoms in total. The van der Waals surface area contributed by atoms with Crippen molar-refractivity contribution in [1.82, 2.24) is 19.3 Å². The summed E-state index contributed by atoms with van der Waals surface area (Å²) in [4.78, 5) is 29.1. The highest BCUT2D eigenvalue weighted by Gasteiger charge is 2.21. The predicted octanol–water partition coefficient (Wildman–Crippen LogP) is 1.27. The van der Waals surface area contributed by atoms with E-state index in [0.717, 1.165) is 5.69 Å². The van der Waals surface area contributed by atoms with Crippen LogP contribution in [0.2, 0.25) is 0 Å². The molecule has 154 valence electrons. The van der Waals surface area contributed by atoms with Crippen LogP contribution in [0.4, 0.5) is 5.95 Å². The Bertz CT molecular complexity index is 1070. The van der Waals surface area contributed by atoms with Crippen LogP contribution in [0.25, 0.3) is 11.0 Å². The third-order valence-corrected chi connectivity index (χ3v) is 4.56. The second-order valence-electron chi connectivity index (χ2n) is 6.58. The highest BCUT2D eigenvalue weighted by Crippen LogP contribution is 2.31. The lowest BCUT2D eigenvalue weighted by atomic mass is 10.1. The highest BCUT2D eigenvalue weighted by atomic mass is 16.5. The molecule has 2 heterocycles. The molecule has 0 bridgehead atoms. The summed E-state index contributed by atoms with van der Waals surface area (Å²) in [6, 6.07) is 4.86. The number of nitrogens with one attached hydrogen (secondary N) is 1. The number of primary amides is 1. The molecule has 2 amide bonds. The summed E-state index contributed by atoms with van der Waals surface area (Å²) in [7, 11) is 1.50. The highest BCUT2D eigenvalue weighted by molar-refractivity contribution is 6.04. The number of hydrogen-bond acceptors (Lipinski definition) is 6. The Balaban J connectivity index is 2.10. The van der Waals surface area contributed by atoms with Gasteiger partial charge in [0.25, 0.3) is 5.91 Å². The van der Waals surface area contributed by atoms with E-state index >= 15 is 0 Å². The van der Waals surface area contributed by atoms with Crippen molar-refractivity contribution in [1.29, 1.82) is 0 Å². The van der Waals surface area contributed by atoms with E-state index in [1.165, 1.54) is 7.11 Å². The fraction of sp³-hybridized carbons (Fsp3) is 0.368. The average molecular weight is 399 g/mol. The van der Waals surface area contributed by atoms with Crippen LogP contribution in [0, 0.1) is 6.92 Å². The molecule has 3 aromatic rings. The van der Waals surface area contributed by atoms with Gasteiger partial charge in [0.2, 0.25) is 11.9 Å². The van der Waals surface area contributed by atoms with Gasteiger partial charge in [-0.15, -0.1) is 0 Å². The van der Waals surface area contributed by atoms with Crippen LogP contribution in [0.1, 0.15) is 39.9 Å². The van der Waals surface area contributed by atoms with E-state index in [0.29, 0.717) is 54.5 Å². The lowest BCUT2D eigenvalue weighted by Crippen LogP contribution is -2.20. The first-order chi connectivity index (χ1) is 13.9. The molecule has 0 aliphatic carbocycles. The van der Waals surface area contributed by atoms with Crippen LogP contribution in [0.3, 0.4) is 0 Å². The number of methoxy groups -OCH3 is 1. The number of ether oxygens (including phenoxy) is 1. The summed E-state index contributed by atoms with van der Waals surface area (Å²) < 4.78 is 8.91. The van der Waals surface area contributed by atoms with E-state index in [9.17, 15) is 9.59 Å². The molecule has 0 spiro atoms. The summed E-state index contributed by atoms with van der Waals surface area (Å²) in [5, 5.41) is 7.16. The Kier molecular flexibility index (Phi) is 5.83. The van der Waals surface area contributed by atoms with Gasteiger partial charge in [-0.05, 0) is 45.0 Å². The van der Waals surface area contributed by atoms with Crippen LogP contribution in [-0.4, -0.2) is 44.8 Å². The zero-order valence-corrected chi connectivity index (χ0v) is 16.7. The molecule has 0 aliphatic heterocycles. The van der Waals surface area contributed by atoms with Crippen LogP contribution < -0.4 is 21.5 Å². The Hall–Kier alpha value is -3.40. The summed E-state index contributed by atoms with van der Waals surface area (Å²) in [5.41, 5.74) is 13.7. The molecular weight excluding hydrogens is 374 g/mol. The second kappa shape index (κ2) is 8.31. The number of carbonyl (C=O) groups is 2. The van der Waals surface area contributed by atoms with Gasteiger partial charge in [-0.3, -0.25) is 19.6 Å². The molecule has 0 atom stereocenters. The molecular formula is C19H25N7O3. The Morgan fingerprint density at radius 2 is 2.03 bits per heavy atom. The molecule has 0 fully saturated rings. The number of benzene rings is 1. The lowest BCUT2D eigenvalue weighted by molar-refractivity contribution is 0.0995. The van der Waals surface area contributed by atoms with Gasteiger partial charge in [-0.25, -0.2) is 4.98 Å². The monoisotopic (exact) mass is 399 g/mol. The van der Waals surface area contributed by atoms with Crippen molar-refractivity contribution in [2.45, 2.75) is 33.4 Å². The van der Waals surface area contributed by atoms with Crippen molar-refractivity contribution in [3.8, 4) is 5.75 Å². The van der Waals surface area contributed by atoms with E-state index in [2.05, 4.69) is 15.4 Å². The topological polar surface area (TPSA) is 143 Å². The zero-order chi connectivity index (χ0) is 21.1. The van der Waals surface area contributed by atoms with Gasteiger partial charge in [0.05, 0.1) is 18.3 Å². The first-order valence-electron chi connectivity index (χ1n) is 9.33. The summed E-state index contributed by atoms with van der Waals surface area (Å²) in [6.07, 6.45) is 0.668. The number of nitrogens with zero attached hydrogens (tertiary/aromatic N) is 4. The van der Waals surface area contributed by atoms with E-state index < -0.39 is 5.91 Å². The molecule has 1 aromatic carbocycles. The van der Waals surface area contributed by atoms with Crippen molar-refractivity contribution < 1.29 is 14.3 Å². The van der Waals surface area contributed by atoms with E-state index in [-0.39, 0.29) is 11.5 Å². The minimum atomic E-state index is -0.588. The first kappa shape index (κ1) is 20.3. The predicted molar refractivity (Wildman–Crippen MR) is 109 cm³/mol. The Morgan fingerprint density at radius 3 is 2.66 bits per heavy atom. The molecule has 5 N–H and O–H groups in total. The third kappa shape index (κ3) is 3.92. The molecule has 29 heavy (non-hydrogen) atoms. The van der Waals surface area contributed by atoms with Crippen molar-refractivity contribution in [2.75, 3.05) is 19.0 Å². The number of aryl methyl sites for hydroxylation is 3. The molecule has 2 aromatic heterocycles. The number of anilines is 1. The SMILES string of the molecule is CCn1nc(C)cc1C(=O)Nc1nc2cc(C(N)=O)cc(OC)c2n1CCCN. The molecule has 0 saturated heterocycles. The van der Waals surface area contributed by atoms with Gasteiger partial charge in [0.15, 0.2) is 0 Å². The van der Waals surface area contributed by atoms with Gasteiger partial charge in [0, 0.05) is 18.7 Å². The number of hydrogen-bond donors (Lipinski definition) is 3. The van der Waals surface area contributed by atoms with Crippen molar-refractivity contribution in [3.05, 3.63) is 35.2 Å². The van der Waals surface area contributed by atoms with E-state index in [1.54, 1.807) is 22.9 Å². The maximum Gasteiger partial charge on any atom is 0.276 e. The van der Waals surface area contributed by atoms with Crippen molar-refractivity contribution in [3.63, 3.8) is 0 Å². The third-order valence-electron chi connectivity index (χ3n) is 4.56. The Labute approximate surface area is 167 Å². The van der Waals surface area contributed by atoms with Gasteiger partial charge in [-0.1, -0.05) is 0 Å². The number of aromatic nitrogens is 4. The average Bonchev–Trinajstić information content (AvgIpc) is 3.25. The molecule has 0 unspecified atom stereocenters. The number of imidazole rings is 1. The second-order valence-corrected chi connectivity index (χ2v) is 6.58. The summed E-state index contributed by atoms with van der Waals surface area (Å²) in [5.74, 6) is -0.142.